The van der Waals surface area contributed by atoms with Crippen LogP contribution >= 0.6 is 0 Å². The highest BCUT2D eigenvalue weighted by molar-refractivity contribution is 5.74. The van der Waals surface area contributed by atoms with Gasteiger partial charge < -0.3 is 10.2 Å². The molecule has 1 rings (SSSR count). The summed E-state index contributed by atoms with van der Waals surface area (Å²) >= 11 is 0. The maximum Gasteiger partial charge on any atom is 0.321 e. The van der Waals surface area contributed by atoms with E-state index in [0.717, 1.165) is 0 Å². The molecule has 0 fully saturated rings. The van der Waals surface area contributed by atoms with Gasteiger partial charge in [-0.25, -0.2) is 0 Å². The fourth-order valence-electron chi connectivity index (χ4n) is 1.71. The fraction of sp³-hybridized carbons (Fsp3) is 0.357. The number of carboxylic acids is 1. The van der Waals surface area contributed by atoms with E-state index in [1.165, 1.54) is 12.1 Å². The predicted molar refractivity (Wildman–Crippen MR) is 70.6 cm³/mol. The summed E-state index contributed by atoms with van der Waals surface area (Å²) in [6, 6.07) is 8.68. The van der Waals surface area contributed by atoms with Gasteiger partial charge in [-0.3, -0.25) is 10.1 Å². The molecule has 0 heterocycles. The number of aliphatic carboxylic acids is 1. The smallest absolute Gasteiger partial charge is 0.321 e. The zero-order valence-electron chi connectivity index (χ0n) is 11.0. The van der Waals surface area contributed by atoms with E-state index in [2.05, 4.69) is 5.32 Å². The SMILES string of the molecule is CCC(C#N)(C#N)NC(Cc1ccc(O)cc1)C(=O)O. The first-order chi connectivity index (χ1) is 9.46. The molecule has 0 aromatic heterocycles. The molecule has 0 amide bonds. The van der Waals surface area contributed by atoms with E-state index in [-0.39, 0.29) is 18.6 Å². The normalized spacial score (nSPS) is 12.2. The number of nitriles is 2. The molecular formula is C14H15N3O3. The van der Waals surface area contributed by atoms with E-state index in [4.69, 9.17) is 10.5 Å². The van der Waals surface area contributed by atoms with Crippen molar-refractivity contribution in [3.8, 4) is 17.9 Å². The number of benzene rings is 1. The average Bonchev–Trinajstić information content (AvgIpc) is 2.46. The van der Waals surface area contributed by atoms with Crippen molar-refractivity contribution in [3.63, 3.8) is 0 Å². The molecule has 3 N–H and O–H groups in total. The van der Waals surface area contributed by atoms with Crippen molar-refractivity contribution in [2.75, 3.05) is 0 Å². The van der Waals surface area contributed by atoms with Gasteiger partial charge in [-0.1, -0.05) is 19.1 Å². The molecule has 1 aromatic rings. The molecular weight excluding hydrogens is 258 g/mol. The van der Waals surface area contributed by atoms with E-state index < -0.39 is 17.6 Å². The number of hydrogen-bond donors (Lipinski definition) is 3. The van der Waals surface area contributed by atoms with Gasteiger partial charge in [0.15, 0.2) is 5.54 Å². The molecule has 1 atom stereocenters. The van der Waals surface area contributed by atoms with Crippen molar-refractivity contribution in [2.24, 2.45) is 0 Å². The van der Waals surface area contributed by atoms with Gasteiger partial charge in [0.1, 0.15) is 23.9 Å². The summed E-state index contributed by atoms with van der Waals surface area (Å²) in [6.07, 6.45) is 0.292. The van der Waals surface area contributed by atoms with Crippen LogP contribution in [0.4, 0.5) is 0 Å². The first kappa shape index (κ1) is 15.5. The van der Waals surface area contributed by atoms with Gasteiger partial charge in [0.05, 0.1) is 0 Å². The van der Waals surface area contributed by atoms with Gasteiger partial charge in [0, 0.05) is 0 Å². The van der Waals surface area contributed by atoms with Gasteiger partial charge in [-0.2, -0.15) is 10.5 Å². The lowest BCUT2D eigenvalue weighted by Crippen LogP contribution is -2.52. The van der Waals surface area contributed by atoms with Crippen LogP contribution in [0.2, 0.25) is 0 Å². The number of aromatic hydroxyl groups is 1. The lowest BCUT2D eigenvalue weighted by atomic mass is 9.96. The molecule has 1 aromatic carbocycles. The number of phenolic OH excluding ortho intramolecular Hbond substituents is 1. The third kappa shape index (κ3) is 3.71. The van der Waals surface area contributed by atoms with E-state index in [1.54, 1.807) is 19.1 Å². The fourth-order valence-corrected chi connectivity index (χ4v) is 1.71. The second-order valence-electron chi connectivity index (χ2n) is 4.39. The Morgan fingerprint density at radius 1 is 1.35 bits per heavy atom. The van der Waals surface area contributed by atoms with Gasteiger partial charge in [0.2, 0.25) is 0 Å². The Morgan fingerprint density at radius 3 is 2.30 bits per heavy atom. The summed E-state index contributed by atoms with van der Waals surface area (Å²) < 4.78 is 0. The first-order valence-corrected chi connectivity index (χ1v) is 6.07. The van der Waals surface area contributed by atoms with Crippen LogP contribution in [0.3, 0.4) is 0 Å². The van der Waals surface area contributed by atoms with Crippen molar-refractivity contribution in [1.82, 2.24) is 5.32 Å². The molecule has 6 nitrogen and oxygen atoms in total. The van der Waals surface area contributed by atoms with E-state index in [9.17, 15) is 15.0 Å². The molecule has 0 bridgehead atoms. The molecule has 20 heavy (non-hydrogen) atoms. The van der Waals surface area contributed by atoms with Gasteiger partial charge >= 0.3 is 5.97 Å². The Kier molecular flexibility index (Phi) is 5.08. The highest BCUT2D eigenvalue weighted by Crippen LogP contribution is 2.14. The maximum atomic E-state index is 11.3. The van der Waals surface area contributed by atoms with Crippen molar-refractivity contribution in [2.45, 2.75) is 31.3 Å². The molecule has 104 valence electrons. The molecule has 1 unspecified atom stereocenters. The van der Waals surface area contributed by atoms with Crippen molar-refractivity contribution >= 4 is 5.97 Å². The quantitative estimate of drug-likeness (QED) is 0.716. The van der Waals surface area contributed by atoms with Gasteiger partial charge in [0.25, 0.3) is 0 Å². The van der Waals surface area contributed by atoms with Crippen LogP contribution in [0.15, 0.2) is 24.3 Å². The van der Waals surface area contributed by atoms with Crippen molar-refractivity contribution in [1.29, 1.82) is 10.5 Å². The summed E-state index contributed by atoms with van der Waals surface area (Å²) in [7, 11) is 0. The zero-order valence-corrected chi connectivity index (χ0v) is 11.0. The van der Waals surface area contributed by atoms with E-state index in [0.29, 0.717) is 5.56 Å². The highest BCUT2D eigenvalue weighted by Gasteiger charge is 2.33. The van der Waals surface area contributed by atoms with Crippen LogP contribution in [-0.2, 0) is 11.2 Å². The lowest BCUT2D eigenvalue weighted by molar-refractivity contribution is -0.139. The third-order valence-corrected chi connectivity index (χ3v) is 3.01. The number of phenols is 1. The minimum Gasteiger partial charge on any atom is -0.508 e. The second kappa shape index (κ2) is 6.55. The van der Waals surface area contributed by atoms with Gasteiger partial charge in [-0.15, -0.1) is 0 Å². The molecule has 0 aliphatic rings. The average molecular weight is 273 g/mol. The van der Waals surface area contributed by atoms with Crippen molar-refractivity contribution in [3.05, 3.63) is 29.8 Å². The molecule has 0 spiro atoms. The Balaban J connectivity index is 2.91. The number of carboxylic acid groups (broad SMARTS) is 1. The Morgan fingerprint density at radius 2 is 1.90 bits per heavy atom. The monoisotopic (exact) mass is 273 g/mol. The standard InChI is InChI=1S/C14H15N3O3/c1-2-14(8-15,9-16)17-12(13(19)20)7-10-3-5-11(18)6-4-10/h3-6,12,17-18H,2,7H2,1H3,(H,19,20). The van der Waals surface area contributed by atoms with Crippen LogP contribution in [0.25, 0.3) is 0 Å². The molecule has 0 aliphatic heterocycles. The van der Waals surface area contributed by atoms with E-state index >= 15 is 0 Å². The van der Waals surface area contributed by atoms with Crippen LogP contribution in [0.1, 0.15) is 18.9 Å². The molecule has 0 radical (unpaired) electrons. The molecule has 0 saturated carbocycles. The van der Waals surface area contributed by atoms with Crippen LogP contribution in [0.5, 0.6) is 5.75 Å². The molecule has 0 aliphatic carbocycles. The maximum absolute atomic E-state index is 11.3. The summed E-state index contributed by atoms with van der Waals surface area (Å²) in [5.41, 5.74) is -0.830. The Bertz CT molecular complexity index is 541. The van der Waals surface area contributed by atoms with Gasteiger partial charge in [-0.05, 0) is 30.5 Å². The van der Waals surface area contributed by atoms with E-state index in [1.807, 2.05) is 12.1 Å². The molecule has 6 heteroatoms. The number of hydrogen-bond acceptors (Lipinski definition) is 5. The Hall–Kier alpha value is -2.57. The largest absolute Gasteiger partial charge is 0.508 e. The summed E-state index contributed by atoms with van der Waals surface area (Å²) in [5.74, 6) is -1.05. The number of rotatable bonds is 6. The zero-order chi connectivity index (χ0) is 15.2. The van der Waals surface area contributed by atoms with Crippen molar-refractivity contribution < 1.29 is 15.0 Å². The van der Waals surface area contributed by atoms with Crippen LogP contribution < -0.4 is 5.32 Å². The lowest BCUT2D eigenvalue weighted by Gasteiger charge is -2.23. The second-order valence-corrected chi connectivity index (χ2v) is 4.39. The van der Waals surface area contributed by atoms with Crippen LogP contribution in [-0.4, -0.2) is 27.8 Å². The number of nitrogens with zero attached hydrogens (tertiary/aromatic N) is 2. The first-order valence-electron chi connectivity index (χ1n) is 6.07. The summed E-state index contributed by atoms with van der Waals surface area (Å²) in [6.45, 7) is 1.64. The Labute approximate surface area is 116 Å². The summed E-state index contributed by atoms with van der Waals surface area (Å²) in [5, 5.41) is 39.1. The topological polar surface area (TPSA) is 117 Å². The molecule has 0 saturated heterocycles. The summed E-state index contributed by atoms with van der Waals surface area (Å²) in [4.78, 5) is 11.3. The third-order valence-electron chi connectivity index (χ3n) is 3.01. The predicted octanol–water partition coefficient (Wildman–Crippen LogP) is 1.17. The minimum absolute atomic E-state index is 0.0885. The minimum atomic E-state index is -1.51. The number of nitrogens with one attached hydrogen (secondary N) is 1. The number of carbonyl (C=O) groups is 1. The van der Waals surface area contributed by atoms with Crippen LogP contribution in [0, 0.1) is 22.7 Å². The highest BCUT2D eigenvalue weighted by atomic mass is 16.4.